The van der Waals surface area contributed by atoms with Crippen molar-refractivity contribution in [3.8, 4) is 10.6 Å². The van der Waals surface area contributed by atoms with Crippen LogP contribution in [0.15, 0.2) is 18.2 Å². The highest BCUT2D eigenvalue weighted by molar-refractivity contribution is 7.18. The maximum Gasteiger partial charge on any atom is 0.299 e. The number of hydrogen-bond donors (Lipinski definition) is 0. The largest absolute Gasteiger partial charge is 0.299 e. The molecule has 1 aliphatic rings. The zero-order chi connectivity index (χ0) is 17.7. The fraction of sp³-hybridized carbons (Fsp3) is 0.529. The molecule has 2 aromatic heterocycles. The fourth-order valence-electron chi connectivity index (χ4n) is 2.63. The number of aryl methyl sites for hydroxylation is 1. The van der Waals surface area contributed by atoms with Gasteiger partial charge in [0.05, 0.1) is 9.75 Å². The average molecular weight is 372 g/mol. The van der Waals surface area contributed by atoms with Crippen LogP contribution in [0, 0.1) is 0 Å². The Hall–Kier alpha value is -1.13. The first-order chi connectivity index (χ1) is 11.3. The lowest BCUT2D eigenvalue weighted by Gasteiger charge is -2.08. The predicted molar refractivity (Wildman–Crippen MR) is 97.8 cm³/mol. The standard InChI is InChI=1S/C11H11F2N2OPS.C6H12/c1-6(16)8-3-4-9(18-8)7-5-10(11(12,13)17)15(2)14-7;1-2-4-6-5-3-1/h3-5H,17H2,1-2H3;1-6H2. The highest BCUT2D eigenvalue weighted by Crippen LogP contribution is 2.37. The summed E-state index contributed by atoms with van der Waals surface area (Å²) in [7, 11) is 2.96. The van der Waals surface area contributed by atoms with E-state index in [9.17, 15) is 13.6 Å². The molecular weight excluding hydrogens is 349 g/mol. The molecule has 3 nitrogen and oxygen atoms in total. The second-order valence-electron chi connectivity index (χ2n) is 6.00. The van der Waals surface area contributed by atoms with Gasteiger partial charge in [-0.2, -0.15) is 13.9 Å². The molecule has 1 aliphatic carbocycles. The average Bonchev–Trinajstić information content (AvgIpc) is 3.15. The van der Waals surface area contributed by atoms with Gasteiger partial charge in [0, 0.05) is 7.05 Å². The van der Waals surface area contributed by atoms with E-state index in [-0.39, 0.29) is 11.5 Å². The van der Waals surface area contributed by atoms with Crippen molar-refractivity contribution in [2.24, 2.45) is 7.05 Å². The van der Waals surface area contributed by atoms with Crippen LogP contribution >= 0.6 is 20.6 Å². The molecule has 0 amide bonds. The number of rotatable bonds is 3. The molecule has 2 heterocycles. The van der Waals surface area contributed by atoms with Crippen molar-refractivity contribution in [1.82, 2.24) is 9.78 Å². The van der Waals surface area contributed by atoms with Crippen LogP contribution in [0.3, 0.4) is 0 Å². The first-order valence-electron chi connectivity index (χ1n) is 8.11. The number of halogens is 2. The third-order valence-electron chi connectivity index (χ3n) is 3.93. The fourth-order valence-corrected chi connectivity index (χ4v) is 3.75. The highest BCUT2D eigenvalue weighted by Gasteiger charge is 2.29. The van der Waals surface area contributed by atoms with Crippen molar-refractivity contribution in [3.63, 3.8) is 0 Å². The molecule has 1 atom stereocenters. The van der Waals surface area contributed by atoms with Gasteiger partial charge in [0.25, 0.3) is 5.66 Å². The summed E-state index contributed by atoms with van der Waals surface area (Å²) < 4.78 is 27.6. The lowest BCUT2D eigenvalue weighted by molar-refractivity contribution is 0.0938. The van der Waals surface area contributed by atoms with Gasteiger partial charge in [0.2, 0.25) is 0 Å². The van der Waals surface area contributed by atoms with Crippen LogP contribution in [0.25, 0.3) is 10.6 Å². The van der Waals surface area contributed by atoms with E-state index in [1.54, 1.807) is 12.1 Å². The second-order valence-corrected chi connectivity index (χ2v) is 7.81. The van der Waals surface area contributed by atoms with Crippen LogP contribution in [0.1, 0.15) is 60.8 Å². The molecule has 0 spiro atoms. The van der Waals surface area contributed by atoms with E-state index in [1.165, 1.54) is 79.1 Å². The minimum absolute atomic E-state index is 0.0428. The van der Waals surface area contributed by atoms with Gasteiger partial charge in [-0.25, -0.2) is 0 Å². The highest BCUT2D eigenvalue weighted by atomic mass is 32.1. The van der Waals surface area contributed by atoms with E-state index in [0.717, 1.165) is 4.68 Å². The molecule has 3 rings (SSSR count). The predicted octanol–water partition coefficient (Wildman–Crippen LogP) is 5.62. The van der Waals surface area contributed by atoms with Gasteiger partial charge in [0.15, 0.2) is 5.78 Å². The van der Waals surface area contributed by atoms with E-state index < -0.39 is 5.66 Å². The van der Waals surface area contributed by atoms with Crippen molar-refractivity contribution in [1.29, 1.82) is 0 Å². The Morgan fingerprint density at radius 1 is 1.21 bits per heavy atom. The number of ketones is 1. The Kier molecular flexibility index (Phi) is 6.64. The molecule has 0 bridgehead atoms. The van der Waals surface area contributed by atoms with Crippen molar-refractivity contribution >= 4 is 26.4 Å². The quantitative estimate of drug-likeness (QED) is 0.518. The van der Waals surface area contributed by atoms with Crippen LogP contribution in [-0.2, 0) is 12.7 Å². The SMILES string of the molecule is C1CCCCC1.CC(=O)c1ccc(-c2cc(C(F)(F)P)n(C)n2)s1. The van der Waals surface area contributed by atoms with Gasteiger partial charge >= 0.3 is 0 Å². The Morgan fingerprint density at radius 2 is 1.75 bits per heavy atom. The van der Waals surface area contributed by atoms with Gasteiger partial charge in [-0.3, -0.25) is 9.48 Å². The molecule has 24 heavy (non-hydrogen) atoms. The number of aromatic nitrogens is 2. The van der Waals surface area contributed by atoms with Crippen molar-refractivity contribution < 1.29 is 13.6 Å². The lowest BCUT2D eigenvalue weighted by Crippen LogP contribution is -2.09. The van der Waals surface area contributed by atoms with Crippen molar-refractivity contribution in [2.75, 3.05) is 0 Å². The Labute approximate surface area is 147 Å². The smallest absolute Gasteiger partial charge is 0.294 e. The zero-order valence-electron chi connectivity index (χ0n) is 14.0. The van der Waals surface area contributed by atoms with Crippen LogP contribution in [0.2, 0.25) is 0 Å². The van der Waals surface area contributed by atoms with Crippen LogP contribution in [-0.4, -0.2) is 15.6 Å². The Balaban J connectivity index is 0.000000292. The summed E-state index contributed by atoms with van der Waals surface area (Å²) in [5.74, 6) is -0.0428. The van der Waals surface area contributed by atoms with Crippen molar-refractivity contribution in [3.05, 3.63) is 28.8 Å². The number of Topliss-reactive ketones (excluding diaryl/α,β-unsaturated/α-hetero) is 1. The molecule has 132 valence electrons. The Morgan fingerprint density at radius 3 is 2.12 bits per heavy atom. The number of thiophene rings is 1. The van der Waals surface area contributed by atoms with Gasteiger partial charge in [-0.1, -0.05) is 47.8 Å². The summed E-state index contributed by atoms with van der Waals surface area (Å²) >= 11 is 1.25. The molecule has 0 N–H and O–H groups in total. The molecular formula is C17H23F2N2OPS. The number of carbonyl (C=O) groups is 1. The maximum absolute atomic E-state index is 13.2. The minimum Gasteiger partial charge on any atom is -0.294 e. The lowest BCUT2D eigenvalue weighted by atomic mass is 10.0. The molecule has 7 heteroatoms. The summed E-state index contributed by atoms with van der Waals surface area (Å²) in [6.45, 7) is 1.47. The van der Waals surface area contributed by atoms with E-state index in [2.05, 4.69) is 5.10 Å². The molecule has 1 saturated carbocycles. The first-order valence-corrected chi connectivity index (χ1v) is 9.51. The van der Waals surface area contributed by atoms with Gasteiger partial charge in [0.1, 0.15) is 11.4 Å². The van der Waals surface area contributed by atoms with E-state index in [0.29, 0.717) is 15.4 Å². The van der Waals surface area contributed by atoms with Gasteiger partial charge in [-0.05, 0) is 25.1 Å². The van der Waals surface area contributed by atoms with Gasteiger partial charge in [-0.15, -0.1) is 11.3 Å². The third-order valence-corrected chi connectivity index (χ3v) is 5.43. The van der Waals surface area contributed by atoms with Gasteiger partial charge < -0.3 is 0 Å². The normalized spacial score (nSPS) is 14.9. The molecule has 1 fully saturated rings. The summed E-state index contributed by atoms with van der Waals surface area (Å²) in [5, 5.41) is 4.04. The van der Waals surface area contributed by atoms with Crippen LogP contribution in [0.4, 0.5) is 8.78 Å². The number of nitrogens with zero attached hydrogens (tertiary/aromatic N) is 2. The maximum atomic E-state index is 13.2. The molecule has 2 aromatic rings. The molecule has 0 aromatic carbocycles. The summed E-state index contributed by atoms with van der Waals surface area (Å²) in [5.41, 5.74) is -2.74. The van der Waals surface area contributed by atoms with E-state index in [1.807, 2.05) is 0 Å². The second kappa shape index (κ2) is 8.30. The first kappa shape index (κ1) is 19.2. The molecule has 0 aliphatic heterocycles. The molecule has 1 unspecified atom stereocenters. The van der Waals surface area contributed by atoms with E-state index in [4.69, 9.17) is 0 Å². The monoisotopic (exact) mass is 372 g/mol. The topological polar surface area (TPSA) is 34.9 Å². The van der Waals surface area contributed by atoms with Crippen LogP contribution in [0.5, 0.6) is 0 Å². The third kappa shape index (κ3) is 5.18. The molecule has 0 saturated heterocycles. The summed E-state index contributed by atoms with van der Waals surface area (Å²) in [6.07, 6.45) is 9.00. The number of alkyl halides is 2. The molecule has 0 radical (unpaired) electrons. The zero-order valence-corrected chi connectivity index (χ0v) is 16.0. The van der Waals surface area contributed by atoms with Crippen molar-refractivity contribution in [2.45, 2.75) is 51.1 Å². The number of hydrogen-bond acceptors (Lipinski definition) is 3. The number of carbonyl (C=O) groups excluding carboxylic acids is 1. The minimum atomic E-state index is -3.01. The summed E-state index contributed by atoms with van der Waals surface area (Å²) in [4.78, 5) is 12.5. The van der Waals surface area contributed by atoms with E-state index >= 15 is 0 Å². The Bertz CT molecular complexity index is 676. The summed E-state index contributed by atoms with van der Waals surface area (Å²) in [6, 6.07) is 4.73. The van der Waals surface area contributed by atoms with Crippen LogP contribution < -0.4 is 0 Å².